The van der Waals surface area contributed by atoms with Gasteiger partial charge in [-0.25, -0.2) is 9.37 Å². The summed E-state index contributed by atoms with van der Waals surface area (Å²) in [5.41, 5.74) is 1.56. The highest BCUT2D eigenvalue weighted by molar-refractivity contribution is 5.91. The Bertz CT molecular complexity index is 1040. The predicted octanol–water partition coefficient (Wildman–Crippen LogP) is 1.77. The van der Waals surface area contributed by atoms with Crippen molar-refractivity contribution < 1.29 is 14.6 Å². The Morgan fingerprint density at radius 3 is 2.46 bits per heavy atom. The van der Waals surface area contributed by atoms with Crippen LogP contribution in [0.1, 0.15) is 12.8 Å². The molecule has 0 atom stereocenters. The summed E-state index contributed by atoms with van der Waals surface area (Å²) < 4.78 is 15.0. The van der Waals surface area contributed by atoms with Crippen molar-refractivity contribution >= 4 is 17.0 Å². The molecule has 146 valence electrons. The van der Waals surface area contributed by atoms with Gasteiger partial charge in [-0.2, -0.15) is 4.98 Å². The van der Waals surface area contributed by atoms with Crippen molar-refractivity contribution in [3.05, 3.63) is 52.6 Å². The maximum atomic E-state index is 13.4. The fraction of sp³-hybridized carbons (Fsp3) is 0.350. The average Bonchev–Trinajstić information content (AvgIpc) is 3.52. The maximum absolute atomic E-state index is 13.4. The van der Waals surface area contributed by atoms with E-state index in [1.165, 1.54) is 18.2 Å². The summed E-state index contributed by atoms with van der Waals surface area (Å²) in [5.74, 6) is 0.299. The Morgan fingerprint density at radius 1 is 1.11 bits per heavy atom. The Morgan fingerprint density at radius 2 is 1.82 bits per heavy atom. The highest BCUT2D eigenvalue weighted by Crippen LogP contribution is 2.32. The molecule has 2 aromatic heterocycles. The molecule has 1 fully saturated rings. The first kappa shape index (κ1) is 18.5. The molecule has 0 radical (unpaired) electrons. The molecule has 0 bridgehead atoms. The third-order valence-corrected chi connectivity index (χ3v) is 4.87. The standard InChI is InChI=1S/C20H21FN4O3/c21-14-5-3-13(4-6-14)18-16-7-8-17(28)25(9-12-1-2-12)19(16)24-20(23-18)22-15(10-26)11-27/h3-8,12,15,26-27H,1-2,9-11H2,(H,22,23,24). The van der Waals surface area contributed by atoms with E-state index in [0.717, 1.165) is 12.8 Å². The van der Waals surface area contributed by atoms with Crippen LogP contribution in [0.15, 0.2) is 41.2 Å². The van der Waals surface area contributed by atoms with Crippen LogP contribution in [-0.4, -0.2) is 44.0 Å². The summed E-state index contributed by atoms with van der Waals surface area (Å²) in [6.45, 7) is -0.0141. The number of benzene rings is 1. The minimum Gasteiger partial charge on any atom is -0.394 e. The van der Waals surface area contributed by atoms with Crippen molar-refractivity contribution in [1.29, 1.82) is 0 Å². The number of aliphatic hydroxyl groups excluding tert-OH is 2. The zero-order chi connectivity index (χ0) is 19.7. The molecule has 0 unspecified atom stereocenters. The number of rotatable bonds is 7. The number of hydrogen-bond donors (Lipinski definition) is 3. The number of aliphatic hydroxyl groups is 2. The molecule has 1 aliphatic carbocycles. The number of halogens is 1. The Hall–Kier alpha value is -2.84. The van der Waals surface area contributed by atoms with Crippen molar-refractivity contribution in [1.82, 2.24) is 14.5 Å². The first-order valence-electron chi connectivity index (χ1n) is 9.25. The third-order valence-electron chi connectivity index (χ3n) is 4.87. The number of nitrogens with zero attached hydrogens (tertiary/aromatic N) is 3. The fourth-order valence-corrected chi connectivity index (χ4v) is 3.12. The lowest BCUT2D eigenvalue weighted by Crippen LogP contribution is -2.29. The quantitative estimate of drug-likeness (QED) is 0.574. The molecule has 3 aromatic rings. The minimum atomic E-state index is -0.633. The zero-order valence-electron chi connectivity index (χ0n) is 15.2. The van der Waals surface area contributed by atoms with Crippen molar-refractivity contribution in [2.75, 3.05) is 18.5 Å². The number of fused-ring (bicyclic) bond motifs is 1. The van der Waals surface area contributed by atoms with E-state index >= 15 is 0 Å². The molecule has 1 saturated carbocycles. The molecule has 0 aliphatic heterocycles. The number of hydrogen-bond acceptors (Lipinski definition) is 6. The van der Waals surface area contributed by atoms with Crippen molar-refractivity contribution in [2.24, 2.45) is 5.92 Å². The van der Waals surface area contributed by atoms with Crippen LogP contribution < -0.4 is 10.9 Å². The van der Waals surface area contributed by atoms with Crippen LogP contribution in [0, 0.1) is 11.7 Å². The third kappa shape index (κ3) is 3.74. The van der Waals surface area contributed by atoms with E-state index in [9.17, 15) is 19.4 Å². The molecule has 1 aliphatic rings. The molecule has 28 heavy (non-hydrogen) atoms. The second kappa shape index (κ2) is 7.65. The summed E-state index contributed by atoms with van der Waals surface area (Å²) in [6.07, 6.45) is 2.17. The van der Waals surface area contributed by atoms with E-state index in [4.69, 9.17) is 0 Å². The summed E-state index contributed by atoms with van der Waals surface area (Å²) in [4.78, 5) is 21.5. The van der Waals surface area contributed by atoms with Crippen LogP contribution in [0.25, 0.3) is 22.3 Å². The van der Waals surface area contributed by atoms with Crippen LogP contribution in [-0.2, 0) is 6.54 Å². The van der Waals surface area contributed by atoms with Crippen LogP contribution in [0.5, 0.6) is 0 Å². The number of nitrogens with one attached hydrogen (secondary N) is 1. The lowest BCUT2D eigenvalue weighted by molar-refractivity contribution is 0.203. The van der Waals surface area contributed by atoms with Gasteiger partial charge in [0.15, 0.2) is 0 Å². The second-order valence-electron chi connectivity index (χ2n) is 7.07. The Balaban J connectivity index is 1.92. The van der Waals surface area contributed by atoms with E-state index in [1.54, 1.807) is 22.8 Å². The molecule has 7 nitrogen and oxygen atoms in total. The van der Waals surface area contributed by atoms with Gasteiger partial charge in [0.05, 0.1) is 24.9 Å². The van der Waals surface area contributed by atoms with E-state index < -0.39 is 6.04 Å². The first-order chi connectivity index (χ1) is 13.6. The van der Waals surface area contributed by atoms with Gasteiger partial charge in [0, 0.05) is 23.6 Å². The fourth-order valence-electron chi connectivity index (χ4n) is 3.12. The lowest BCUT2D eigenvalue weighted by atomic mass is 10.1. The summed E-state index contributed by atoms with van der Waals surface area (Å²) in [6, 6.07) is 8.48. The van der Waals surface area contributed by atoms with Crippen LogP contribution in [0.2, 0.25) is 0 Å². The molecule has 8 heteroatoms. The van der Waals surface area contributed by atoms with Gasteiger partial charge in [0.1, 0.15) is 11.5 Å². The average molecular weight is 384 g/mol. The number of anilines is 1. The van der Waals surface area contributed by atoms with Crippen LogP contribution in [0.3, 0.4) is 0 Å². The van der Waals surface area contributed by atoms with Crippen molar-refractivity contribution in [3.63, 3.8) is 0 Å². The largest absolute Gasteiger partial charge is 0.394 e. The highest BCUT2D eigenvalue weighted by Gasteiger charge is 2.24. The van der Waals surface area contributed by atoms with E-state index in [-0.39, 0.29) is 30.5 Å². The van der Waals surface area contributed by atoms with E-state index in [2.05, 4.69) is 15.3 Å². The molecule has 1 aromatic carbocycles. The molecule has 0 amide bonds. The van der Waals surface area contributed by atoms with E-state index in [0.29, 0.717) is 34.8 Å². The van der Waals surface area contributed by atoms with Gasteiger partial charge < -0.3 is 15.5 Å². The monoisotopic (exact) mass is 384 g/mol. The van der Waals surface area contributed by atoms with Crippen molar-refractivity contribution in [3.8, 4) is 11.3 Å². The summed E-state index contributed by atoms with van der Waals surface area (Å²) in [5, 5.41) is 22.3. The lowest BCUT2D eigenvalue weighted by Gasteiger charge is -2.17. The molecular formula is C20H21FN4O3. The van der Waals surface area contributed by atoms with Gasteiger partial charge in [-0.05, 0) is 49.1 Å². The number of pyridine rings is 1. The normalized spacial score (nSPS) is 14.0. The van der Waals surface area contributed by atoms with Gasteiger partial charge in [0.2, 0.25) is 5.95 Å². The minimum absolute atomic E-state index is 0.144. The second-order valence-corrected chi connectivity index (χ2v) is 7.07. The van der Waals surface area contributed by atoms with Gasteiger partial charge >= 0.3 is 0 Å². The van der Waals surface area contributed by atoms with Gasteiger partial charge in [-0.1, -0.05) is 0 Å². The molecule has 0 saturated heterocycles. The maximum Gasteiger partial charge on any atom is 0.252 e. The van der Waals surface area contributed by atoms with Gasteiger partial charge in [-0.15, -0.1) is 0 Å². The molecule has 0 spiro atoms. The number of aromatic nitrogens is 3. The zero-order valence-corrected chi connectivity index (χ0v) is 15.2. The topological polar surface area (TPSA) is 100 Å². The Labute approximate surface area is 160 Å². The molecule has 3 N–H and O–H groups in total. The SMILES string of the molecule is O=c1ccc2c(-c3ccc(F)cc3)nc(NC(CO)CO)nc2n1CC1CC1. The van der Waals surface area contributed by atoms with E-state index in [1.807, 2.05) is 0 Å². The predicted molar refractivity (Wildman–Crippen MR) is 103 cm³/mol. The Kier molecular flexibility index (Phi) is 5.06. The summed E-state index contributed by atoms with van der Waals surface area (Å²) >= 11 is 0. The van der Waals surface area contributed by atoms with Gasteiger partial charge in [-0.3, -0.25) is 9.36 Å². The summed E-state index contributed by atoms with van der Waals surface area (Å²) in [7, 11) is 0. The van der Waals surface area contributed by atoms with Crippen LogP contribution >= 0.6 is 0 Å². The van der Waals surface area contributed by atoms with Gasteiger partial charge in [0.25, 0.3) is 5.56 Å². The highest BCUT2D eigenvalue weighted by atomic mass is 19.1. The smallest absolute Gasteiger partial charge is 0.252 e. The molecular weight excluding hydrogens is 363 g/mol. The molecule has 2 heterocycles. The van der Waals surface area contributed by atoms with Crippen LogP contribution in [0.4, 0.5) is 10.3 Å². The first-order valence-corrected chi connectivity index (χ1v) is 9.25. The molecule has 4 rings (SSSR count). The van der Waals surface area contributed by atoms with Crippen molar-refractivity contribution in [2.45, 2.75) is 25.4 Å².